The fraction of sp³-hybridized carbons (Fsp3) is 0.333. The summed E-state index contributed by atoms with van der Waals surface area (Å²) in [5.74, 6) is 2.40. The number of halogens is 1. The molecule has 0 saturated heterocycles. The summed E-state index contributed by atoms with van der Waals surface area (Å²) in [4.78, 5) is -0.0109. The third-order valence-corrected chi connectivity index (χ3v) is 4.12. The normalized spacial score (nSPS) is 12.9. The largest absolute Gasteiger partial charge is 0.398 e. The molecule has 0 radical (unpaired) electrons. The van der Waals surface area contributed by atoms with Crippen molar-refractivity contribution >= 4 is 27.3 Å². The highest BCUT2D eigenvalue weighted by Gasteiger charge is 2.20. The van der Waals surface area contributed by atoms with E-state index in [1.165, 1.54) is 18.2 Å². The van der Waals surface area contributed by atoms with Gasteiger partial charge in [0.25, 0.3) is 0 Å². The third kappa shape index (κ3) is 3.64. The predicted octanol–water partition coefficient (Wildman–Crippen LogP) is 2.00. The zero-order valence-electron chi connectivity index (χ0n) is 9.98. The summed E-state index contributed by atoms with van der Waals surface area (Å²) in [6.07, 6.45) is 6.63. The number of benzene rings is 1. The summed E-state index contributed by atoms with van der Waals surface area (Å²) in [6.45, 7) is 1.93. The van der Waals surface area contributed by atoms with Gasteiger partial charge in [-0.1, -0.05) is 30.9 Å². The first-order valence-electron chi connectivity index (χ1n) is 5.44. The van der Waals surface area contributed by atoms with Gasteiger partial charge in [0.1, 0.15) is 4.90 Å². The van der Waals surface area contributed by atoms with Crippen LogP contribution in [0, 0.1) is 12.3 Å². The van der Waals surface area contributed by atoms with Crippen LogP contribution < -0.4 is 10.5 Å². The number of hydrogen-bond donors (Lipinski definition) is 2. The van der Waals surface area contributed by atoms with Crippen molar-refractivity contribution in [3.05, 3.63) is 23.2 Å². The van der Waals surface area contributed by atoms with E-state index in [-0.39, 0.29) is 10.6 Å². The van der Waals surface area contributed by atoms with Crippen LogP contribution in [0.3, 0.4) is 0 Å². The Hall–Kier alpha value is -1.22. The number of nitrogen functional groups attached to an aromatic ring is 1. The smallest absolute Gasteiger partial charge is 0.243 e. The molecule has 0 heterocycles. The van der Waals surface area contributed by atoms with Crippen LogP contribution in [0.15, 0.2) is 23.1 Å². The quantitative estimate of drug-likeness (QED) is 0.642. The molecule has 18 heavy (non-hydrogen) atoms. The van der Waals surface area contributed by atoms with Crippen LogP contribution in [0.4, 0.5) is 5.69 Å². The van der Waals surface area contributed by atoms with Gasteiger partial charge in [-0.25, -0.2) is 8.42 Å². The van der Waals surface area contributed by atoms with Crippen molar-refractivity contribution in [1.29, 1.82) is 0 Å². The molecule has 0 saturated carbocycles. The van der Waals surface area contributed by atoms with Crippen molar-refractivity contribution < 1.29 is 8.42 Å². The number of anilines is 1. The van der Waals surface area contributed by atoms with Crippen molar-refractivity contribution in [3.63, 3.8) is 0 Å². The Morgan fingerprint density at radius 2 is 2.22 bits per heavy atom. The third-order valence-electron chi connectivity index (χ3n) is 2.34. The van der Waals surface area contributed by atoms with Gasteiger partial charge in [0, 0.05) is 5.02 Å². The monoisotopic (exact) mass is 286 g/mol. The number of nitrogens with two attached hydrogens (primary N) is 1. The molecule has 0 aliphatic rings. The molecule has 0 aliphatic heterocycles. The topological polar surface area (TPSA) is 72.2 Å². The summed E-state index contributed by atoms with van der Waals surface area (Å²) in [5.41, 5.74) is 5.74. The van der Waals surface area contributed by atoms with Gasteiger partial charge in [0.2, 0.25) is 10.0 Å². The van der Waals surface area contributed by atoms with E-state index in [2.05, 4.69) is 10.6 Å². The average molecular weight is 287 g/mol. The molecular weight excluding hydrogens is 272 g/mol. The van der Waals surface area contributed by atoms with Gasteiger partial charge in [-0.2, -0.15) is 4.72 Å². The van der Waals surface area contributed by atoms with Crippen LogP contribution in [-0.4, -0.2) is 14.5 Å². The molecule has 0 spiro atoms. The Kier molecular flexibility index (Phi) is 5.03. The van der Waals surface area contributed by atoms with Crippen LogP contribution in [-0.2, 0) is 10.0 Å². The van der Waals surface area contributed by atoms with Gasteiger partial charge in [-0.3, -0.25) is 0 Å². The highest BCUT2D eigenvalue weighted by atomic mass is 35.5. The Balaban J connectivity index is 3.03. The molecule has 3 N–H and O–H groups in total. The molecule has 1 aromatic carbocycles. The van der Waals surface area contributed by atoms with Crippen LogP contribution in [0.1, 0.15) is 19.8 Å². The van der Waals surface area contributed by atoms with E-state index in [1.54, 1.807) is 0 Å². The molecule has 0 aliphatic carbocycles. The van der Waals surface area contributed by atoms with Gasteiger partial charge < -0.3 is 5.73 Å². The summed E-state index contributed by atoms with van der Waals surface area (Å²) in [6, 6.07) is 3.69. The van der Waals surface area contributed by atoms with Crippen LogP contribution in [0.5, 0.6) is 0 Å². The lowest BCUT2D eigenvalue weighted by Crippen LogP contribution is -2.34. The van der Waals surface area contributed by atoms with E-state index >= 15 is 0 Å². The van der Waals surface area contributed by atoms with Crippen molar-refractivity contribution in [2.75, 3.05) is 5.73 Å². The molecule has 1 unspecified atom stereocenters. The fourth-order valence-corrected chi connectivity index (χ4v) is 2.96. The molecule has 0 aromatic heterocycles. The maximum absolute atomic E-state index is 12.1. The molecule has 6 heteroatoms. The summed E-state index contributed by atoms with van der Waals surface area (Å²) < 4.78 is 26.6. The molecule has 4 nitrogen and oxygen atoms in total. The minimum absolute atomic E-state index is 0.0109. The summed E-state index contributed by atoms with van der Waals surface area (Å²) >= 11 is 5.72. The zero-order chi connectivity index (χ0) is 13.8. The average Bonchev–Trinajstić information content (AvgIpc) is 2.27. The van der Waals surface area contributed by atoms with Crippen molar-refractivity contribution in [1.82, 2.24) is 4.72 Å². The SMILES string of the molecule is C#CC(CCC)NS(=O)(=O)c1ccc(Cl)cc1N. The first kappa shape index (κ1) is 14.8. The molecule has 0 amide bonds. The highest BCUT2D eigenvalue weighted by Crippen LogP contribution is 2.22. The lowest BCUT2D eigenvalue weighted by atomic mass is 10.2. The minimum Gasteiger partial charge on any atom is -0.398 e. The minimum atomic E-state index is -3.72. The van der Waals surface area contributed by atoms with E-state index in [1.807, 2.05) is 6.92 Å². The Morgan fingerprint density at radius 3 is 2.72 bits per heavy atom. The van der Waals surface area contributed by atoms with E-state index in [0.29, 0.717) is 11.4 Å². The van der Waals surface area contributed by atoms with E-state index in [9.17, 15) is 8.42 Å². The van der Waals surface area contributed by atoms with E-state index in [0.717, 1.165) is 6.42 Å². The number of nitrogens with one attached hydrogen (secondary N) is 1. The molecule has 1 atom stereocenters. The molecular formula is C12H15ClN2O2S. The summed E-state index contributed by atoms with van der Waals surface area (Å²) in [5, 5.41) is 0.383. The first-order chi connectivity index (χ1) is 8.40. The van der Waals surface area contributed by atoms with Crippen LogP contribution >= 0.6 is 11.6 Å². The molecule has 1 rings (SSSR count). The van der Waals surface area contributed by atoms with Gasteiger partial charge in [0.05, 0.1) is 11.7 Å². The Labute approximate surface area is 113 Å². The second-order valence-electron chi connectivity index (χ2n) is 3.81. The molecule has 1 aromatic rings. The van der Waals surface area contributed by atoms with Crippen molar-refractivity contribution in [3.8, 4) is 12.3 Å². The molecule has 98 valence electrons. The molecule has 0 bridgehead atoms. The Morgan fingerprint density at radius 1 is 1.56 bits per heavy atom. The summed E-state index contributed by atoms with van der Waals surface area (Å²) in [7, 11) is -3.72. The van der Waals surface area contributed by atoms with Gasteiger partial charge in [-0.05, 0) is 24.6 Å². The van der Waals surface area contributed by atoms with Crippen LogP contribution in [0.25, 0.3) is 0 Å². The van der Waals surface area contributed by atoms with E-state index < -0.39 is 16.1 Å². The van der Waals surface area contributed by atoms with Gasteiger partial charge in [-0.15, -0.1) is 6.42 Å². The van der Waals surface area contributed by atoms with Crippen molar-refractivity contribution in [2.45, 2.75) is 30.7 Å². The predicted molar refractivity (Wildman–Crippen MR) is 73.7 cm³/mol. The lowest BCUT2D eigenvalue weighted by Gasteiger charge is -2.14. The van der Waals surface area contributed by atoms with Crippen LogP contribution in [0.2, 0.25) is 5.02 Å². The Bertz CT molecular complexity index is 564. The second kappa shape index (κ2) is 6.10. The lowest BCUT2D eigenvalue weighted by molar-refractivity contribution is 0.565. The maximum atomic E-state index is 12.1. The highest BCUT2D eigenvalue weighted by molar-refractivity contribution is 7.89. The van der Waals surface area contributed by atoms with E-state index in [4.69, 9.17) is 23.8 Å². The first-order valence-corrected chi connectivity index (χ1v) is 7.30. The fourth-order valence-electron chi connectivity index (χ4n) is 1.48. The van der Waals surface area contributed by atoms with Gasteiger partial charge in [0.15, 0.2) is 0 Å². The van der Waals surface area contributed by atoms with Crippen molar-refractivity contribution in [2.24, 2.45) is 0 Å². The number of terminal acetylenes is 1. The zero-order valence-corrected chi connectivity index (χ0v) is 11.6. The molecule has 0 fully saturated rings. The second-order valence-corrected chi connectivity index (χ2v) is 5.93. The number of sulfonamides is 1. The number of hydrogen-bond acceptors (Lipinski definition) is 3. The number of rotatable bonds is 5. The standard InChI is InChI=1S/C12H15ClN2O2S/c1-3-5-10(4-2)15-18(16,17)12-7-6-9(13)8-11(12)14/h2,6-8,10,15H,3,5,14H2,1H3. The maximum Gasteiger partial charge on any atom is 0.243 e. The van der Waals surface area contributed by atoms with Gasteiger partial charge >= 0.3 is 0 Å².